The van der Waals surface area contributed by atoms with Gasteiger partial charge in [0, 0.05) is 18.1 Å². The molecule has 2 heterocycles. The molecule has 0 bridgehead atoms. The molecule has 0 fully saturated rings. The summed E-state index contributed by atoms with van der Waals surface area (Å²) < 4.78 is 1.94. The Labute approximate surface area is 117 Å². The maximum Gasteiger partial charge on any atom is 0.228 e. The number of imidazole rings is 1. The van der Waals surface area contributed by atoms with Crippen molar-refractivity contribution in [3.05, 3.63) is 47.7 Å². The Hall–Kier alpha value is -2.56. The number of nitrogens with zero attached hydrogens (tertiary/aromatic N) is 2. The number of benzene rings is 1. The number of carbonyl (C=O) groups is 1. The standard InChI is InChI=1S/C15H16N4O/c1-9-12(8-15(20)18-9)11-3-4-14(13(16)7-11)19-6-5-17-10(19)2/h3-7H,8,16H2,1-2H3,(H,18,20). The number of rotatable bonds is 2. The molecular weight excluding hydrogens is 252 g/mol. The van der Waals surface area contributed by atoms with Crippen LogP contribution >= 0.6 is 0 Å². The molecular formula is C15H16N4O. The van der Waals surface area contributed by atoms with Crippen LogP contribution in [0.2, 0.25) is 0 Å². The maximum atomic E-state index is 11.4. The second-order valence-electron chi connectivity index (χ2n) is 4.95. The predicted octanol–water partition coefficient (Wildman–Crippen LogP) is 2.01. The summed E-state index contributed by atoms with van der Waals surface area (Å²) in [6.07, 6.45) is 4.04. The highest BCUT2D eigenvalue weighted by atomic mass is 16.1. The monoisotopic (exact) mass is 268 g/mol. The van der Waals surface area contributed by atoms with Gasteiger partial charge in [-0.25, -0.2) is 4.98 Å². The van der Waals surface area contributed by atoms with Crippen LogP contribution in [0.4, 0.5) is 5.69 Å². The highest BCUT2D eigenvalue weighted by Gasteiger charge is 2.19. The number of hydrogen-bond acceptors (Lipinski definition) is 3. The van der Waals surface area contributed by atoms with E-state index in [-0.39, 0.29) is 5.91 Å². The van der Waals surface area contributed by atoms with Gasteiger partial charge < -0.3 is 15.6 Å². The Bertz CT molecular complexity index is 727. The van der Waals surface area contributed by atoms with Crippen molar-refractivity contribution in [2.75, 3.05) is 5.73 Å². The molecule has 0 saturated heterocycles. The van der Waals surface area contributed by atoms with Crippen LogP contribution in [0.25, 0.3) is 11.3 Å². The number of nitrogens with one attached hydrogen (secondary N) is 1. The SMILES string of the molecule is CC1=C(c2ccc(-n3ccnc3C)c(N)c2)CC(=O)N1. The molecule has 1 aliphatic heterocycles. The number of nitrogens with two attached hydrogens (primary N) is 1. The number of hydrogen-bond donors (Lipinski definition) is 2. The Balaban J connectivity index is 2.03. The fraction of sp³-hybridized carbons (Fsp3) is 0.200. The molecule has 0 radical (unpaired) electrons. The lowest BCUT2D eigenvalue weighted by Crippen LogP contribution is -2.12. The fourth-order valence-electron chi connectivity index (χ4n) is 2.53. The number of allylic oxidation sites excluding steroid dienone is 1. The lowest BCUT2D eigenvalue weighted by molar-refractivity contribution is -0.118. The molecule has 2 aromatic rings. The quantitative estimate of drug-likeness (QED) is 0.818. The molecule has 0 atom stereocenters. The molecule has 1 amide bonds. The summed E-state index contributed by atoms with van der Waals surface area (Å²) in [5.41, 5.74) is 10.6. The van der Waals surface area contributed by atoms with Crippen LogP contribution in [0.5, 0.6) is 0 Å². The molecule has 20 heavy (non-hydrogen) atoms. The normalized spacial score (nSPS) is 14.8. The van der Waals surface area contributed by atoms with E-state index in [1.807, 2.05) is 42.8 Å². The maximum absolute atomic E-state index is 11.4. The minimum Gasteiger partial charge on any atom is -0.397 e. The van der Waals surface area contributed by atoms with Gasteiger partial charge in [0.15, 0.2) is 0 Å². The molecule has 0 aliphatic carbocycles. The Kier molecular flexibility index (Phi) is 2.82. The predicted molar refractivity (Wildman–Crippen MR) is 78.1 cm³/mol. The molecule has 3 rings (SSSR count). The van der Waals surface area contributed by atoms with E-state index < -0.39 is 0 Å². The number of aryl methyl sites for hydroxylation is 1. The lowest BCUT2D eigenvalue weighted by Gasteiger charge is -2.11. The first-order chi connectivity index (χ1) is 9.56. The van der Waals surface area contributed by atoms with E-state index in [0.717, 1.165) is 28.3 Å². The summed E-state index contributed by atoms with van der Waals surface area (Å²) in [6.45, 7) is 3.84. The van der Waals surface area contributed by atoms with Crippen molar-refractivity contribution >= 4 is 17.2 Å². The van der Waals surface area contributed by atoms with Crippen LogP contribution in [0.3, 0.4) is 0 Å². The van der Waals surface area contributed by atoms with Crippen LogP contribution in [-0.4, -0.2) is 15.5 Å². The van der Waals surface area contributed by atoms with Gasteiger partial charge in [-0.15, -0.1) is 0 Å². The summed E-state index contributed by atoms with van der Waals surface area (Å²) in [4.78, 5) is 15.6. The van der Waals surface area contributed by atoms with Crippen molar-refractivity contribution < 1.29 is 4.79 Å². The average molecular weight is 268 g/mol. The first-order valence-corrected chi connectivity index (χ1v) is 6.46. The summed E-state index contributed by atoms with van der Waals surface area (Å²) in [5, 5.41) is 2.82. The fourth-order valence-corrected chi connectivity index (χ4v) is 2.53. The number of anilines is 1. The number of amides is 1. The molecule has 0 saturated carbocycles. The molecule has 5 heteroatoms. The number of nitrogen functional groups attached to an aromatic ring is 1. The van der Waals surface area contributed by atoms with Gasteiger partial charge in [-0.3, -0.25) is 4.79 Å². The number of aromatic nitrogens is 2. The van der Waals surface area contributed by atoms with Crippen LogP contribution in [0.15, 0.2) is 36.3 Å². The zero-order valence-corrected chi connectivity index (χ0v) is 11.5. The van der Waals surface area contributed by atoms with Crippen molar-refractivity contribution in [1.82, 2.24) is 14.9 Å². The summed E-state index contributed by atoms with van der Waals surface area (Å²) >= 11 is 0. The summed E-state index contributed by atoms with van der Waals surface area (Å²) in [7, 11) is 0. The van der Waals surface area contributed by atoms with Gasteiger partial charge in [0.1, 0.15) is 5.82 Å². The van der Waals surface area contributed by atoms with E-state index in [0.29, 0.717) is 12.1 Å². The lowest BCUT2D eigenvalue weighted by atomic mass is 10.0. The van der Waals surface area contributed by atoms with Gasteiger partial charge in [-0.2, -0.15) is 0 Å². The van der Waals surface area contributed by atoms with E-state index in [1.165, 1.54) is 0 Å². The molecule has 3 N–H and O–H groups in total. The van der Waals surface area contributed by atoms with E-state index >= 15 is 0 Å². The third-order valence-corrected chi connectivity index (χ3v) is 3.58. The van der Waals surface area contributed by atoms with E-state index in [1.54, 1.807) is 6.20 Å². The van der Waals surface area contributed by atoms with E-state index in [2.05, 4.69) is 10.3 Å². The van der Waals surface area contributed by atoms with Gasteiger partial charge in [0.25, 0.3) is 0 Å². The first-order valence-electron chi connectivity index (χ1n) is 6.46. The zero-order valence-electron chi connectivity index (χ0n) is 11.5. The molecule has 102 valence electrons. The second kappa shape index (κ2) is 4.52. The molecule has 0 unspecified atom stereocenters. The minimum absolute atomic E-state index is 0.0330. The van der Waals surface area contributed by atoms with Crippen LogP contribution in [0, 0.1) is 6.92 Å². The van der Waals surface area contributed by atoms with Crippen molar-refractivity contribution in [3.63, 3.8) is 0 Å². The third kappa shape index (κ3) is 1.97. The molecule has 0 spiro atoms. The van der Waals surface area contributed by atoms with Crippen molar-refractivity contribution in [2.24, 2.45) is 0 Å². The topological polar surface area (TPSA) is 72.9 Å². The smallest absolute Gasteiger partial charge is 0.228 e. The van der Waals surface area contributed by atoms with E-state index in [9.17, 15) is 4.79 Å². The Morgan fingerprint density at radius 3 is 2.70 bits per heavy atom. The van der Waals surface area contributed by atoms with Crippen molar-refractivity contribution in [1.29, 1.82) is 0 Å². The highest BCUT2D eigenvalue weighted by molar-refractivity contribution is 5.96. The molecule has 1 aromatic heterocycles. The van der Waals surface area contributed by atoms with Gasteiger partial charge in [-0.05, 0) is 37.1 Å². The van der Waals surface area contributed by atoms with E-state index in [4.69, 9.17) is 5.73 Å². The average Bonchev–Trinajstić information content (AvgIpc) is 2.95. The zero-order chi connectivity index (χ0) is 14.3. The largest absolute Gasteiger partial charge is 0.397 e. The van der Waals surface area contributed by atoms with Crippen molar-refractivity contribution in [2.45, 2.75) is 20.3 Å². The first kappa shape index (κ1) is 12.5. The Morgan fingerprint density at radius 1 is 1.35 bits per heavy atom. The van der Waals surface area contributed by atoms with Gasteiger partial charge >= 0.3 is 0 Å². The van der Waals surface area contributed by atoms with Gasteiger partial charge in [0.05, 0.1) is 17.8 Å². The summed E-state index contributed by atoms with van der Waals surface area (Å²) in [6, 6.07) is 5.86. The van der Waals surface area contributed by atoms with Crippen LogP contribution in [0.1, 0.15) is 24.7 Å². The van der Waals surface area contributed by atoms with Crippen LogP contribution in [-0.2, 0) is 4.79 Å². The molecule has 1 aromatic carbocycles. The Morgan fingerprint density at radius 2 is 2.15 bits per heavy atom. The minimum atomic E-state index is 0.0330. The van der Waals surface area contributed by atoms with Gasteiger partial charge in [0.2, 0.25) is 5.91 Å². The molecule has 1 aliphatic rings. The second-order valence-corrected chi connectivity index (χ2v) is 4.95. The number of carbonyl (C=O) groups excluding carboxylic acids is 1. The highest BCUT2D eigenvalue weighted by Crippen LogP contribution is 2.29. The molecule has 5 nitrogen and oxygen atoms in total. The third-order valence-electron chi connectivity index (χ3n) is 3.58. The summed E-state index contributed by atoms with van der Waals surface area (Å²) in [5.74, 6) is 0.920. The van der Waals surface area contributed by atoms with Crippen LogP contribution < -0.4 is 11.1 Å². The van der Waals surface area contributed by atoms with Crippen molar-refractivity contribution in [3.8, 4) is 5.69 Å². The van der Waals surface area contributed by atoms with Gasteiger partial charge in [-0.1, -0.05) is 6.07 Å².